The van der Waals surface area contributed by atoms with Crippen LogP contribution in [0.15, 0.2) is 36.5 Å². The number of cyclic esters (lactones) is 1. The Labute approximate surface area is 134 Å². The van der Waals surface area contributed by atoms with Gasteiger partial charge in [0.05, 0.1) is 5.57 Å². The molecule has 0 spiro atoms. The van der Waals surface area contributed by atoms with E-state index in [0.717, 1.165) is 19.3 Å². The number of carbonyl (C=O) groups is 1. The van der Waals surface area contributed by atoms with Crippen LogP contribution < -0.4 is 0 Å². The van der Waals surface area contributed by atoms with Gasteiger partial charge in [-0.3, -0.25) is 0 Å². The molecule has 22 heavy (non-hydrogen) atoms. The molecule has 3 nitrogen and oxygen atoms in total. The zero-order valence-corrected chi connectivity index (χ0v) is 13.8. The number of hydrogen-bond donors (Lipinski definition) is 1. The minimum Gasteiger partial charge on any atom is -0.456 e. The fourth-order valence-corrected chi connectivity index (χ4v) is 2.62. The molecule has 0 aromatic heterocycles. The number of carbonyl (C=O) groups excluding carboxylic acids is 1. The van der Waals surface area contributed by atoms with Crippen molar-refractivity contribution in [1.29, 1.82) is 0 Å². The smallest absolute Gasteiger partial charge is 0.336 e. The highest BCUT2D eigenvalue weighted by molar-refractivity contribution is 5.92. The minimum atomic E-state index is -0.748. The molecule has 1 heterocycles. The molecule has 0 saturated carbocycles. The third-order valence-electron chi connectivity index (χ3n) is 4.00. The Morgan fingerprint density at radius 1 is 1.09 bits per heavy atom. The summed E-state index contributed by atoms with van der Waals surface area (Å²) in [6, 6.07) is 0. The molecule has 1 saturated heterocycles. The molecule has 3 heteroatoms. The van der Waals surface area contributed by atoms with Crippen LogP contribution >= 0.6 is 0 Å². The molecule has 0 aromatic carbocycles. The summed E-state index contributed by atoms with van der Waals surface area (Å²) in [5, 5.41) is 9.78. The first-order valence-corrected chi connectivity index (χ1v) is 8.53. The average Bonchev–Trinajstić information content (AvgIpc) is 2.74. The molecule has 2 atom stereocenters. The maximum absolute atomic E-state index is 11.5. The lowest BCUT2D eigenvalue weighted by atomic mass is 10.0. The summed E-state index contributed by atoms with van der Waals surface area (Å²) in [5.41, 5.74) is 0.445. The lowest BCUT2D eigenvalue weighted by molar-refractivity contribution is -0.138. The molecule has 124 valence electrons. The van der Waals surface area contributed by atoms with Gasteiger partial charge < -0.3 is 9.84 Å². The van der Waals surface area contributed by atoms with Gasteiger partial charge >= 0.3 is 5.97 Å². The van der Waals surface area contributed by atoms with Gasteiger partial charge in [0.25, 0.3) is 0 Å². The van der Waals surface area contributed by atoms with Crippen molar-refractivity contribution in [3.8, 4) is 0 Å². The van der Waals surface area contributed by atoms with Gasteiger partial charge in [0, 0.05) is 0 Å². The van der Waals surface area contributed by atoms with Crippen LogP contribution in [0.4, 0.5) is 0 Å². The first-order valence-electron chi connectivity index (χ1n) is 8.53. The van der Waals surface area contributed by atoms with Crippen LogP contribution in [0, 0.1) is 0 Å². The van der Waals surface area contributed by atoms with Crippen molar-refractivity contribution >= 4 is 5.97 Å². The third-order valence-corrected chi connectivity index (χ3v) is 4.00. The molecule has 0 bridgehead atoms. The van der Waals surface area contributed by atoms with Crippen molar-refractivity contribution in [1.82, 2.24) is 0 Å². The zero-order valence-electron chi connectivity index (χ0n) is 13.8. The number of allylic oxidation sites excluding steroid dienone is 4. The quantitative estimate of drug-likeness (QED) is 0.265. The van der Waals surface area contributed by atoms with E-state index in [-0.39, 0.29) is 5.97 Å². The lowest BCUT2D eigenvalue weighted by Crippen LogP contribution is -2.17. The highest BCUT2D eigenvalue weighted by atomic mass is 16.6. The topological polar surface area (TPSA) is 46.5 Å². The van der Waals surface area contributed by atoms with E-state index in [1.807, 2.05) is 18.2 Å². The normalized spacial score (nSPS) is 23.4. The summed E-state index contributed by atoms with van der Waals surface area (Å²) in [5.74, 6) is -0.356. The molecule has 1 fully saturated rings. The van der Waals surface area contributed by atoms with Gasteiger partial charge in [-0.15, -0.1) is 0 Å². The summed E-state index contributed by atoms with van der Waals surface area (Å²) in [7, 11) is 0. The Hall–Kier alpha value is -1.35. The number of ether oxygens (including phenoxy) is 1. The minimum absolute atomic E-state index is 0.356. The van der Waals surface area contributed by atoms with Crippen molar-refractivity contribution in [2.75, 3.05) is 0 Å². The molecular weight excluding hydrogens is 276 g/mol. The Balaban J connectivity index is 1.97. The second-order valence-electron chi connectivity index (χ2n) is 5.93. The maximum atomic E-state index is 11.5. The fraction of sp³-hybridized carbons (Fsp3) is 0.632. The van der Waals surface area contributed by atoms with Gasteiger partial charge in [0.15, 0.2) is 0 Å². The summed E-state index contributed by atoms with van der Waals surface area (Å²) in [6.45, 7) is 5.37. The number of esters is 1. The van der Waals surface area contributed by atoms with Crippen molar-refractivity contribution in [2.45, 2.75) is 76.9 Å². The first kappa shape index (κ1) is 18.7. The van der Waals surface area contributed by atoms with Gasteiger partial charge in [-0.2, -0.15) is 0 Å². The van der Waals surface area contributed by atoms with E-state index < -0.39 is 12.2 Å². The summed E-state index contributed by atoms with van der Waals surface area (Å²) >= 11 is 0. The van der Waals surface area contributed by atoms with Crippen molar-refractivity contribution in [3.63, 3.8) is 0 Å². The average molecular weight is 306 g/mol. The Kier molecular flexibility index (Phi) is 9.56. The second kappa shape index (κ2) is 11.2. The van der Waals surface area contributed by atoms with Crippen LogP contribution in [0.5, 0.6) is 0 Å². The number of unbranched alkanes of at least 4 members (excludes halogenated alkanes) is 8. The molecule has 0 amide bonds. The Bertz CT molecular complexity index is 395. The zero-order chi connectivity index (χ0) is 16.2. The van der Waals surface area contributed by atoms with E-state index >= 15 is 0 Å². The SMILES string of the molecule is C=C/C=C/CCCCCCCCC/C=C1/C(=O)O[C@H](C)[C@H]1O. The number of hydrogen-bond acceptors (Lipinski definition) is 3. The van der Waals surface area contributed by atoms with E-state index in [4.69, 9.17) is 4.74 Å². The summed E-state index contributed by atoms with van der Waals surface area (Å²) in [4.78, 5) is 11.5. The third kappa shape index (κ3) is 7.08. The van der Waals surface area contributed by atoms with E-state index in [0.29, 0.717) is 5.57 Å². The predicted molar refractivity (Wildman–Crippen MR) is 90.5 cm³/mol. The first-order chi connectivity index (χ1) is 10.7. The molecule has 1 rings (SSSR count). The molecule has 0 unspecified atom stereocenters. The Morgan fingerprint density at radius 3 is 2.23 bits per heavy atom. The van der Waals surface area contributed by atoms with E-state index in [9.17, 15) is 9.90 Å². The molecule has 0 aromatic rings. The van der Waals surface area contributed by atoms with E-state index in [1.54, 1.807) is 6.92 Å². The van der Waals surface area contributed by atoms with E-state index in [1.165, 1.54) is 38.5 Å². The second-order valence-corrected chi connectivity index (χ2v) is 5.93. The molecule has 1 N–H and O–H groups in total. The molecule has 0 radical (unpaired) electrons. The van der Waals surface area contributed by atoms with Gasteiger partial charge in [-0.25, -0.2) is 4.79 Å². The highest BCUT2D eigenvalue weighted by Gasteiger charge is 2.34. The monoisotopic (exact) mass is 306 g/mol. The standard InChI is InChI=1S/C19H30O3/c1-3-4-5-6-7-8-9-10-11-12-13-14-15-17-18(20)16(2)22-19(17)21/h3-5,15-16,18,20H,1,6-14H2,2H3/b5-4+,17-15+/t16-,18-/m1/s1. The fourth-order valence-electron chi connectivity index (χ4n) is 2.62. The molecule has 1 aliphatic rings. The van der Waals surface area contributed by atoms with Gasteiger partial charge in [-0.1, -0.05) is 63.0 Å². The maximum Gasteiger partial charge on any atom is 0.336 e. The summed E-state index contributed by atoms with van der Waals surface area (Å²) < 4.78 is 4.98. The summed E-state index contributed by atoms with van der Waals surface area (Å²) in [6.07, 6.45) is 17.3. The molecule has 1 aliphatic heterocycles. The predicted octanol–water partition coefficient (Wildman–Crippen LogP) is 4.47. The van der Waals surface area contributed by atoms with Crippen LogP contribution in [0.3, 0.4) is 0 Å². The van der Waals surface area contributed by atoms with Crippen LogP contribution in [-0.2, 0) is 9.53 Å². The van der Waals surface area contributed by atoms with Gasteiger partial charge in [0.1, 0.15) is 12.2 Å². The van der Waals surface area contributed by atoms with Crippen molar-refractivity contribution in [2.24, 2.45) is 0 Å². The molecule has 0 aliphatic carbocycles. The highest BCUT2D eigenvalue weighted by Crippen LogP contribution is 2.22. The van der Waals surface area contributed by atoms with Crippen molar-refractivity contribution in [3.05, 3.63) is 36.5 Å². The van der Waals surface area contributed by atoms with Crippen LogP contribution in [0.2, 0.25) is 0 Å². The van der Waals surface area contributed by atoms with Crippen molar-refractivity contribution < 1.29 is 14.6 Å². The van der Waals surface area contributed by atoms with E-state index in [2.05, 4.69) is 12.7 Å². The largest absolute Gasteiger partial charge is 0.456 e. The number of rotatable bonds is 11. The molecular formula is C19H30O3. The number of aliphatic hydroxyl groups excluding tert-OH is 1. The van der Waals surface area contributed by atoms with Gasteiger partial charge in [-0.05, 0) is 32.6 Å². The van der Waals surface area contributed by atoms with Crippen LogP contribution in [0.25, 0.3) is 0 Å². The van der Waals surface area contributed by atoms with Crippen LogP contribution in [0.1, 0.15) is 64.7 Å². The lowest BCUT2D eigenvalue weighted by Gasteiger charge is -2.04. The Morgan fingerprint density at radius 2 is 1.68 bits per heavy atom. The van der Waals surface area contributed by atoms with Gasteiger partial charge in [0.2, 0.25) is 0 Å². The van der Waals surface area contributed by atoms with Crippen LogP contribution in [-0.4, -0.2) is 23.3 Å². The number of aliphatic hydroxyl groups is 1.